The van der Waals surface area contributed by atoms with Crippen LogP contribution in [0.1, 0.15) is 27.2 Å². The summed E-state index contributed by atoms with van der Waals surface area (Å²) in [5.74, 6) is 0.330. The summed E-state index contributed by atoms with van der Waals surface area (Å²) < 4.78 is 43.6. The molecule has 0 radical (unpaired) electrons. The summed E-state index contributed by atoms with van der Waals surface area (Å²) in [6, 6.07) is 18.7. The Kier molecular flexibility index (Phi) is 5.20. The third kappa shape index (κ3) is 4.37. The van der Waals surface area contributed by atoms with E-state index in [1.807, 2.05) is 18.2 Å². The number of pyridine rings is 2. The lowest BCUT2D eigenvalue weighted by Crippen LogP contribution is -2.36. The van der Waals surface area contributed by atoms with Crippen LogP contribution >= 0.6 is 0 Å². The number of aromatic nitrogens is 2. The Morgan fingerprint density at radius 3 is 2.55 bits per heavy atom. The van der Waals surface area contributed by atoms with Crippen LogP contribution in [-0.2, 0) is 19.1 Å². The van der Waals surface area contributed by atoms with Gasteiger partial charge in [-0.25, -0.2) is 9.97 Å². The number of ether oxygens (including phenoxy) is 1. The van der Waals surface area contributed by atoms with Crippen LogP contribution in [0.2, 0.25) is 0 Å². The third-order valence-corrected chi connectivity index (χ3v) is 5.58. The largest absolute Gasteiger partial charge is 0.439 e. The predicted molar refractivity (Wildman–Crippen MR) is 116 cm³/mol. The molecule has 3 heterocycles. The molecule has 1 aliphatic rings. The summed E-state index contributed by atoms with van der Waals surface area (Å²) in [5.41, 5.74) is 2.55. The van der Waals surface area contributed by atoms with Crippen LogP contribution in [-0.4, -0.2) is 27.3 Å². The zero-order valence-electron chi connectivity index (χ0n) is 17.3. The normalized spacial score (nSPS) is 13.6. The van der Waals surface area contributed by atoms with Crippen molar-refractivity contribution in [3.63, 3.8) is 0 Å². The quantitative estimate of drug-likeness (QED) is 0.406. The van der Waals surface area contributed by atoms with Gasteiger partial charge < -0.3 is 9.64 Å². The molecule has 5 rings (SSSR count). The molecule has 0 bridgehead atoms. The van der Waals surface area contributed by atoms with Gasteiger partial charge in [0, 0.05) is 30.7 Å². The Balaban J connectivity index is 1.32. The number of alkyl halides is 3. The fourth-order valence-corrected chi connectivity index (χ4v) is 3.85. The number of carbonyl (C=O) groups is 1. The smallest absolute Gasteiger partial charge is 0.417 e. The number of rotatable bonds is 3. The van der Waals surface area contributed by atoms with Crippen LogP contribution in [0.5, 0.6) is 11.6 Å². The topological polar surface area (TPSA) is 55.3 Å². The second kappa shape index (κ2) is 8.20. The van der Waals surface area contributed by atoms with E-state index < -0.39 is 11.7 Å². The lowest BCUT2D eigenvalue weighted by Gasteiger charge is -2.28. The van der Waals surface area contributed by atoms with E-state index in [1.54, 1.807) is 35.2 Å². The fraction of sp³-hybridized carbons (Fsp3) is 0.160. The number of carbonyl (C=O) groups excluding carboxylic acids is 1. The lowest BCUT2D eigenvalue weighted by atomic mass is 9.99. The van der Waals surface area contributed by atoms with Crippen molar-refractivity contribution in [2.45, 2.75) is 19.1 Å². The molecule has 2 aromatic heterocycles. The van der Waals surface area contributed by atoms with E-state index in [2.05, 4.69) is 16.0 Å². The number of amides is 1. The maximum atomic E-state index is 13.0. The highest BCUT2D eigenvalue weighted by atomic mass is 19.4. The number of nitrogens with zero attached hydrogens (tertiary/aromatic N) is 3. The number of benzene rings is 2. The van der Waals surface area contributed by atoms with E-state index in [0.717, 1.165) is 29.6 Å². The van der Waals surface area contributed by atoms with Gasteiger partial charge in [-0.3, -0.25) is 4.79 Å². The molecule has 0 spiro atoms. The molecule has 0 fully saturated rings. The first kappa shape index (κ1) is 20.9. The predicted octanol–water partition coefficient (Wildman–Crippen LogP) is 5.64. The Labute approximate surface area is 187 Å². The minimum Gasteiger partial charge on any atom is -0.439 e. The summed E-state index contributed by atoms with van der Waals surface area (Å²) in [6.07, 6.45) is -2.91. The van der Waals surface area contributed by atoms with Gasteiger partial charge in [0.25, 0.3) is 5.91 Å². The molecule has 1 aliphatic heterocycles. The average molecular weight is 449 g/mol. The van der Waals surface area contributed by atoms with Crippen molar-refractivity contribution in [1.82, 2.24) is 14.9 Å². The highest BCUT2D eigenvalue weighted by molar-refractivity contribution is 5.95. The number of halogens is 3. The van der Waals surface area contributed by atoms with Crippen molar-refractivity contribution in [2.24, 2.45) is 0 Å². The average Bonchev–Trinajstić information content (AvgIpc) is 2.83. The number of hydrogen-bond acceptors (Lipinski definition) is 4. The van der Waals surface area contributed by atoms with Gasteiger partial charge in [0.05, 0.1) is 11.1 Å². The first-order valence-electron chi connectivity index (χ1n) is 10.3. The van der Waals surface area contributed by atoms with Crippen molar-refractivity contribution in [1.29, 1.82) is 0 Å². The summed E-state index contributed by atoms with van der Waals surface area (Å²) in [5, 5.41) is 0.736. The summed E-state index contributed by atoms with van der Waals surface area (Å²) >= 11 is 0. The first-order chi connectivity index (χ1) is 15.9. The molecule has 0 N–H and O–H groups in total. The van der Waals surface area contributed by atoms with Crippen molar-refractivity contribution in [2.75, 3.05) is 6.54 Å². The van der Waals surface area contributed by atoms with Gasteiger partial charge >= 0.3 is 6.18 Å². The lowest BCUT2D eigenvalue weighted by molar-refractivity contribution is -0.137. The first-order valence-corrected chi connectivity index (χ1v) is 10.3. The molecule has 0 saturated carbocycles. The maximum Gasteiger partial charge on any atom is 0.417 e. The van der Waals surface area contributed by atoms with Crippen LogP contribution in [0, 0.1) is 0 Å². The molecule has 8 heteroatoms. The standard InChI is InChI=1S/C25H18F3N3O2/c26-25(27,28)19-6-10-23(29-14-19)33-20-7-9-21-17(13-20)5-8-22(30-21)24(32)31-12-11-16-3-1-2-4-18(16)15-31/h1-10,13-14H,11-12,15H2. The van der Waals surface area contributed by atoms with Gasteiger partial charge in [-0.2, -0.15) is 13.2 Å². The molecule has 0 unspecified atom stereocenters. The van der Waals surface area contributed by atoms with E-state index in [-0.39, 0.29) is 11.8 Å². The van der Waals surface area contributed by atoms with E-state index in [4.69, 9.17) is 4.74 Å². The molecule has 0 aliphatic carbocycles. The van der Waals surface area contributed by atoms with Gasteiger partial charge in [-0.15, -0.1) is 0 Å². The minimum absolute atomic E-state index is 0.0486. The molecule has 1 amide bonds. The van der Waals surface area contributed by atoms with Crippen LogP contribution in [0.15, 0.2) is 72.9 Å². The molecule has 4 aromatic rings. The summed E-state index contributed by atoms with van der Waals surface area (Å²) in [4.78, 5) is 23.0. The number of fused-ring (bicyclic) bond motifs is 2. The molecular formula is C25H18F3N3O2. The Morgan fingerprint density at radius 2 is 1.79 bits per heavy atom. The molecule has 166 valence electrons. The molecule has 0 atom stereocenters. The van der Waals surface area contributed by atoms with E-state index >= 15 is 0 Å². The van der Waals surface area contributed by atoms with Crippen molar-refractivity contribution in [3.05, 3.63) is 95.3 Å². The second-order valence-corrected chi connectivity index (χ2v) is 7.78. The molecule has 2 aromatic carbocycles. The summed E-state index contributed by atoms with van der Waals surface area (Å²) in [6.45, 7) is 1.20. The van der Waals surface area contributed by atoms with Crippen molar-refractivity contribution < 1.29 is 22.7 Å². The second-order valence-electron chi connectivity index (χ2n) is 7.78. The van der Waals surface area contributed by atoms with E-state index in [1.165, 1.54) is 11.6 Å². The maximum absolute atomic E-state index is 13.0. The highest BCUT2D eigenvalue weighted by Crippen LogP contribution is 2.30. The van der Waals surface area contributed by atoms with Gasteiger partial charge in [0.15, 0.2) is 0 Å². The molecule has 33 heavy (non-hydrogen) atoms. The van der Waals surface area contributed by atoms with Crippen LogP contribution in [0.25, 0.3) is 10.9 Å². The number of hydrogen-bond donors (Lipinski definition) is 0. The van der Waals surface area contributed by atoms with Gasteiger partial charge in [-0.1, -0.05) is 30.3 Å². The Hall–Kier alpha value is -3.94. The van der Waals surface area contributed by atoms with Crippen molar-refractivity contribution >= 4 is 16.8 Å². The Bertz CT molecular complexity index is 1340. The molecule has 0 saturated heterocycles. The van der Waals surface area contributed by atoms with Gasteiger partial charge in [-0.05, 0) is 47.9 Å². The van der Waals surface area contributed by atoms with Gasteiger partial charge in [0.1, 0.15) is 11.4 Å². The van der Waals surface area contributed by atoms with Crippen molar-refractivity contribution in [3.8, 4) is 11.6 Å². The summed E-state index contributed by atoms with van der Waals surface area (Å²) in [7, 11) is 0. The van der Waals surface area contributed by atoms with Crippen LogP contribution in [0.4, 0.5) is 13.2 Å². The van der Waals surface area contributed by atoms with E-state index in [0.29, 0.717) is 30.0 Å². The zero-order chi connectivity index (χ0) is 23.0. The minimum atomic E-state index is -4.45. The SMILES string of the molecule is O=C(c1ccc2cc(Oc3ccc(C(F)(F)F)cn3)ccc2n1)N1CCc2ccccc2C1. The third-order valence-electron chi connectivity index (χ3n) is 5.58. The molecule has 5 nitrogen and oxygen atoms in total. The van der Waals surface area contributed by atoms with Crippen LogP contribution in [0.3, 0.4) is 0 Å². The van der Waals surface area contributed by atoms with E-state index in [9.17, 15) is 18.0 Å². The highest BCUT2D eigenvalue weighted by Gasteiger charge is 2.30. The Morgan fingerprint density at radius 1 is 0.970 bits per heavy atom. The monoisotopic (exact) mass is 449 g/mol. The molecular weight excluding hydrogens is 431 g/mol. The van der Waals surface area contributed by atoms with Gasteiger partial charge in [0.2, 0.25) is 5.88 Å². The van der Waals surface area contributed by atoms with Crippen LogP contribution < -0.4 is 4.74 Å². The zero-order valence-corrected chi connectivity index (χ0v) is 17.3. The fourth-order valence-electron chi connectivity index (χ4n) is 3.85.